The van der Waals surface area contributed by atoms with Gasteiger partial charge in [0, 0.05) is 23.5 Å². The van der Waals surface area contributed by atoms with Gasteiger partial charge in [-0.05, 0) is 27.2 Å². The standard InChI is InChI=1S/C24H34O9/c1-8-12(4)21(26)31-18-16-14(6)22(27)30-17(16)19(32-20(25)11(2)3)23(7,28)10-15-9-13(5)24(18,29)33-15/h8,11,13,15-19,28-29H,6,9-10H2,1-5,7H3/b12-8-/t13-,15-,16+,17+,18-,19+,23+,24-/m0/s1. The Bertz CT molecular complexity index is 873. The Morgan fingerprint density at radius 3 is 2.45 bits per heavy atom. The van der Waals surface area contributed by atoms with Gasteiger partial charge in [0.1, 0.15) is 5.60 Å². The third kappa shape index (κ3) is 4.46. The summed E-state index contributed by atoms with van der Waals surface area (Å²) in [5, 5.41) is 23.1. The molecular weight excluding hydrogens is 432 g/mol. The van der Waals surface area contributed by atoms with Crippen LogP contribution in [0.15, 0.2) is 23.8 Å². The minimum atomic E-state index is -1.97. The van der Waals surface area contributed by atoms with Gasteiger partial charge in [-0.2, -0.15) is 0 Å². The van der Waals surface area contributed by atoms with Crippen molar-refractivity contribution in [2.24, 2.45) is 17.8 Å². The molecule has 0 aromatic heterocycles. The average molecular weight is 467 g/mol. The summed E-state index contributed by atoms with van der Waals surface area (Å²) in [6.45, 7) is 13.5. The third-order valence-electron chi connectivity index (χ3n) is 6.93. The molecule has 9 heteroatoms. The highest BCUT2D eigenvalue weighted by molar-refractivity contribution is 5.92. The van der Waals surface area contributed by atoms with Crippen LogP contribution in [0, 0.1) is 17.8 Å². The van der Waals surface area contributed by atoms with Gasteiger partial charge in [-0.25, -0.2) is 9.59 Å². The lowest BCUT2D eigenvalue weighted by Gasteiger charge is -2.41. The van der Waals surface area contributed by atoms with E-state index in [2.05, 4.69) is 6.58 Å². The lowest BCUT2D eigenvalue weighted by atomic mass is 9.75. The molecule has 0 aromatic rings. The Labute approximate surface area is 193 Å². The Morgan fingerprint density at radius 1 is 1.24 bits per heavy atom. The number of carbonyl (C=O) groups is 3. The maximum Gasteiger partial charge on any atom is 0.334 e. The zero-order chi connectivity index (χ0) is 24.9. The van der Waals surface area contributed by atoms with Gasteiger partial charge >= 0.3 is 17.9 Å². The number of aliphatic hydroxyl groups is 2. The van der Waals surface area contributed by atoms with Gasteiger partial charge in [0.05, 0.1) is 17.9 Å². The topological polar surface area (TPSA) is 129 Å². The molecule has 0 radical (unpaired) electrons. The van der Waals surface area contributed by atoms with Crippen molar-refractivity contribution in [3.63, 3.8) is 0 Å². The Balaban J connectivity index is 2.16. The van der Waals surface area contributed by atoms with Gasteiger partial charge in [-0.3, -0.25) is 4.79 Å². The number of hydrogen-bond acceptors (Lipinski definition) is 9. The molecule has 3 saturated heterocycles. The molecule has 3 rings (SSSR count). The second-order valence-corrected chi connectivity index (χ2v) is 9.92. The van der Waals surface area contributed by atoms with Crippen molar-refractivity contribution >= 4 is 17.9 Å². The van der Waals surface area contributed by atoms with Crippen molar-refractivity contribution in [2.75, 3.05) is 0 Å². The van der Waals surface area contributed by atoms with Crippen LogP contribution in [0.4, 0.5) is 0 Å². The van der Waals surface area contributed by atoms with Crippen LogP contribution in [0.1, 0.15) is 54.4 Å². The number of carbonyl (C=O) groups excluding carboxylic acids is 3. The summed E-state index contributed by atoms with van der Waals surface area (Å²) < 4.78 is 22.9. The van der Waals surface area contributed by atoms with E-state index in [0.717, 1.165) is 0 Å². The maximum absolute atomic E-state index is 12.8. The van der Waals surface area contributed by atoms with Crippen LogP contribution < -0.4 is 0 Å². The first-order valence-corrected chi connectivity index (χ1v) is 11.3. The molecule has 33 heavy (non-hydrogen) atoms. The van der Waals surface area contributed by atoms with E-state index in [4.69, 9.17) is 18.9 Å². The molecule has 2 N–H and O–H groups in total. The summed E-state index contributed by atoms with van der Waals surface area (Å²) in [6.07, 6.45) is -2.64. The van der Waals surface area contributed by atoms with E-state index in [9.17, 15) is 24.6 Å². The molecule has 3 aliphatic rings. The van der Waals surface area contributed by atoms with Crippen molar-refractivity contribution in [3.05, 3.63) is 23.8 Å². The highest BCUT2D eigenvalue weighted by atomic mass is 16.7. The fourth-order valence-electron chi connectivity index (χ4n) is 4.81. The first-order chi connectivity index (χ1) is 15.2. The first kappa shape index (κ1) is 25.4. The van der Waals surface area contributed by atoms with Gasteiger partial charge in [0.15, 0.2) is 18.3 Å². The zero-order valence-electron chi connectivity index (χ0n) is 20.0. The second-order valence-electron chi connectivity index (χ2n) is 9.92. The molecule has 3 aliphatic heterocycles. The molecule has 3 heterocycles. The molecular formula is C24H34O9. The number of ether oxygens (including phenoxy) is 4. The van der Waals surface area contributed by atoms with Crippen LogP contribution in [-0.4, -0.2) is 63.9 Å². The van der Waals surface area contributed by atoms with Crippen molar-refractivity contribution in [1.29, 1.82) is 0 Å². The van der Waals surface area contributed by atoms with Gasteiger partial charge in [0.25, 0.3) is 0 Å². The molecule has 0 saturated carbocycles. The first-order valence-electron chi connectivity index (χ1n) is 11.3. The summed E-state index contributed by atoms with van der Waals surface area (Å²) in [4.78, 5) is 37.9. The number of fused-ring (bicyclic) bond motifs is 3. The number of hydrogen-bond donors (Lipinski definition) is 2. The predicted molar refractivity (Wildman–Crippen MR) is 115 cm³/mol. The predicted octanol–water partition coefficient (Wildman–Crippen LogP) is 1.80. The van der Waals surface area contributed by atoms with E-state index in [1.807, 2.05) is 0 Å². The lowest BCUT2D eigenvalue weighted by Crippen LogP contribution is -2.58. The van der Waals surface area contributed by atoms with Gasteiger partial charge in [-0.15, -0.1) is 0 Å². The van der Waals surface area contributed by atoms with Gasteiger partial charge in [-0.1, -0.05) is 33.4 Å². The summed E-state index contributed by atoms with van der Waals surface area (Å²) in [6, 6.07) is 0. The summed E-state index contributed by atoms with van der Waals surface area (Å²) in [5.74, 6) is -6.18. The fourth-order valence-corrected chi connectivity index (χ4v) is 4.81. The van der Waals surface area contributed by atoms with Gasteiger partial charge < -0.3 is 29.2 Å². The number of esters is 3. The molecule has 2 bridgehead atoms. The van der Waals surface area contributed by atoms with Crippen LogP contribution in [0.5, 0.6) is 0 Å². The van der Waals surface area contributed by atoms with Crippen LogP contribution >= 0.6 is 0 Å². The van der Waals surface area contributed by atoms with E-state index >= 15 is 0 Å². The Hall–Kier alpha value is -2.23. The Kier molecular flexibility index (Phi) is 6.81. The van der Waals surface area contributed by atoms with E-state index < -0.39 is 71.5 Å². The van der Waals surface area contributed by atoms with E-state index in [1.165, 1.54) is 6.92 Å². The van der Waals surface area contributed by atoms with Crippen molar-refractivity contribution in [3.8, 4) is 0 Å². The second kappa shape index (κ2) is 8.85. The van der Waals surface area contributed by atoms with E-state index in [0.29, 0.717) is 12.0 Å². The summed E-state index contributed by atoms with van der Waals surface area (Å²) >= 11 is 0. The molecule has 9 nitrogen and oxygen atoms in total. The van der Waals surface area contributed by atoms with Crippen molar-refractivity contribution < 1.29 is 43.5 Å². The molecule has 0 aromatic carbocycles. The van der Waals surface area contributed by atoms with Crippen LogP contribution in [0.2, 0.25) is 0 Å². The average Bonchev–Trinajstić information content (AvgIpc) is 3.17. The number of rotatable bonds is 4. The van der Waals surface area contributed by atoms with E-state index in [-0.39, 0.29) is 12.0 Å². The highest BCUT2D eigenvalue weighted by Crippen LogP contribution is 2.50. The Morgan fingerprint density at radius 2 is 1.88 bits per heavy atom. The largest absolute Gasteiger partial charge is 0.455 e. The van der Waals surface area contributed by atoms with Crippen molar-refractivity contribution in [2.45, 2.75) is 90.2 Å². The molecule has 0 spiro atoms. The van der Waals surface area contributed by atoms with Gasteiger partial charge in [0.2, 0.25) is 5.79 Å². The molecule has 8 atom stereocenters. The molecule has 3 fully saturated rings. The van der Waals surface area contributed by atoms with Crippen LogP contribution in [-0.2, 0) is 33.3 Å². The number of allylic oxidation sites excluding steroid dienone is 1. The lowest BCUT2D eigenvalue weighted by molar-refractivity contribution is -0.277. The maximum atomic E-state index is 12.8. The molecule has 0 aliphatic carbocycles. The zero-order valence-corrected chi connectivity index (χ0v) is 20.0. The molecule has 0 amide bonds. The quantitative estimate of drug-likeness (QED) is 0.362. The van der Waals surface area contributed by atoms with E-state index in [1.54, 1.807) is 40.7 Å². The van der Waals surface area contributed by atoms with Crippen molar-refractivity contribution in [1.82, 2.24) is 0 Å². The molecule has 184 valence electrons. The SMILES string of the molecule is C=C1C(=O)O[C@@H]2[C@@H]1[C@H](OC(=O)/C(C)=C\C)[C@@]1(O)O[C@@H](C[C@@H]1C)C[C@@](C)(O)[C@@H]2OC(=O)C(C)C. The minimum Gasteiger partial charge on any atom is -0.455 e. The smallest absolute Gasteiger partial charge is 0.334 e. The monoisotopic (exact) mass is 466 g/mol. The third-order valence-corrected chi connectivity index (χ3v) is 6.93. The minimum absolute atomic E-state index is 0.00248. The molecule has 0 unspecified atom stereocenters. The van der Waals surface area contributed by atoms with Crippen LogP contribution in [0.25, 0.3) is 0 Å². The van der Waals surface area contributed by atoms with Crippen LogP contribution in [0.3, 0.4) is 0 Å². The normalized spacial score (nSPS) is 41.1. The fraction of sp³-hybridized carbons (Fsp3) is 0.708. The summed E-state index contributed by atoms with van der Waals surface area (Å²) in [7, 11) is 0. The summed E-state index contributed by atoms with van der Waals surface area (Å²) in [5.41, 5.74) is -1.44. The highest BCUT2D eigenvalue weighted by Gasteiger charge is 2.65.